The van der Waals surface area contributed by atoms with Crippen LogP contribution < -0.4 is 5.32 Å². The molecular weight excluding hydrogens is 307 g/mol. The molecule has 0 aliphatic heterocycles. The summed E-state index contributed by atoms with van der Waals surface area (Å²) in [6.45, 7) is 1.95. The molecule has 8 heteroatoms. The van der Waals surface area contributed by atoms with Gasteiger partial charge in [0.15, 0.2) is 0 Å². The van der Waals surface area contributed by atoms with Crippen molar-refractivity contribution in [1.82, 2.24) is 15.4 Å². The molecule has 0 aliphatic rings. The molecule has 0 radical (unpaired) electrons. The Morgan fingerprint density at radius 3 is 2.95 bits per heavy atom. The lowest BCUT2D eigenvalue weighted by Gasteiger charge is -1.95. The third-order valence-corrected chi connectivity index (χ3v) is 3.83. The van der Waals surface area contributed by atoms with Crippen LogP contribution in [0.15, 0.2) is 34.9 Å². The first-order valence-electron chi connectivity index (χ1n) is 6.52. The van der Waals surface area contributed by atoms with Gasteiger partial charge in [0.2, 0.25) is 10.9 Å². The molecule has 0 fully saturated rings. The van der Waals surface area contributed by atoms with Crippen molar-refractivity contribution in [2.75, 3.05) is 5.32 Å². The number of rotatable bonds is 4. The van der Waals surface area contributed by atoms with Crippen molar-refractivity contribution in [1.29, 1.82) is 0 Å². The second-order valence-electron chi connectivity index (χ2n) is 4.40. The van der Waals surface area contributed by atoms with Crippen molar-refractivity contribution >= 4 is 22.4 Å². The normalized spacial score (nSPS) is 10.6. The second kappa shape index (κ2) is 6.02. The second-order valence-corrected chi connectivity index (χ2v) is 5.46. The van der Waals surface area contributed by atoms with Gasteiger partial charge >= 0.3 is 0 Å². The van der Waals surface area contributed by atoms with E-state index in [1.54, 1.807) is 12.1 Å². The van der Waals surface area contributed by atoms with Gasteiger partial charge in [-0.1, -0.05) is 35.5 Å². The molecule has 3 rings (SSSR count). The Balaban J connectivity index is 1.76. The van der Waals surface area contributed by atoms with Crippen LogP contribution in [0.3, 0.4) is 0 Å². The minimum Gasteiger partial charge on any atom is -0.350 e. The van der Waals surface area contributed by atoms with Gasteiger partial charge in [0.25, 0.3) is 5.91 Å². The topological polar surface area (TPSA) is 80.9 Å². The minimum absolute atomic E-state index is 0.0208. The highest BCUT2D eigenvalue weighted by atomic mass is 32.1. The first-order valence-corrected chi connectivity index (χ1v) is 7.33. The molecule has 6 nitrogen and oxygen atoms in total. The number of aryl methyl sites for hydroxylation is 1. The number of halogens is 1. The summed E-state index contributed by atoms with van der Waals surface area (Å²) in [6.07, 6.45) is 0.750. The summed E-state index contributed by atoms with van der Waals surface area (Å²) in [6, 6.07) is 7.34. The van der Waals surface area contributed by atoms with Crippen LogP contribution in [-0.2, 0) is 6.42 Å². The van der Waals surface area contributed by atoms with Crippen LogP contribution in [0.1, 0.15) is 22.5 Å². The molecule has 2 heterocycles. The van der Waals surface area contributed by atoms with Crippen LogP contribution in [0.4, 0.5) is 9.52 Å². The number of nitrogens with zero attached hydrogens (tertiary/aromatic N) is 3. The molecule has 22 heavy (non-hydrogen) atoms. The number of carbonyl (C=O) groups is 1. The van der Waals surface area contributed by atoms with E-state index >= 15 is 0 Å². The van der Waals surface area contributed by atoms with Crippen molar-refractivity contribution in [3.8, 4) is 11.3 Å². The number of aromatic nitrogens is 3. The third-order valence-electron chi connectivity index (χ3n) is 2.84. The van der Waals surface area contributed by atoms with Gasteiger partial charge in [-0.2, -0.15) is 0 Å². The molecule has 0 bridgehead atoms. The Morgan fingerprint density at radius 1 is 1.36 bits per heavy atom. The van der Waals surface area contributed by atoms with E-state index < -0.39 is 5.91 Å². The van der Waals surface area contributed by atoms with Crippen LogP contribution >= 0.6 is 11.3 Å². The van der Waals surface area contributed by atoms with Gasteiger partial charge in [0.05, 0.1) is 0 Å². The fourth-order valence-corrected chi connectivity index (χ4v) is 2.45. The van der Waals surface area contributed by atoms with Crippen molar-refractivity contribution in [2.24, 2.45) is 0 Å². The lowest BCUT2D eigenvalue weighted by atomic mass is 10.1. The maximum absolute atomic E-state index is 13.2. The van der Waals surface area contributed by atoms with Crippen molar-refractivity contribution in [3.63, 3.8) is 0 Å². The van der Waals surface area contributed by atoms with E-state index in [0.717, 1.165) is 11.4 Å². The zero-order valence-corrected chi connectivity index (χ0v) is 12.4. The average molecular weight is 318 g/mol. The third kappa shape index (κ3) is 3.01. The van der Waals surface area contributed by atoms with Crippen molar-refractivity contribution in [3.05, 3.63) is 46.9 Å². The summed E-state index contributed by atoms with van der Waals surface area (Å²) in [4.78, 5) is 12.0. The van der Waals surface area contributed by atoms with Crippen molar-refractivity contribution < 1.29 is 13.7 Å². The maximum Gasteiger partial charge on any atom is 0.296 e. The van der Waals surface area contributed by atoms with Crippen molar-refractivity contribution in [2.45, 2.75) is 13.3 Å². The highest BCUT2D eigenvalue weighted by molar-refractivity contribution is 7.15. The number of hydrogen-bond acceptors (Lipinski definition) is 6. The fraction of sp³-hybridized carbons (Fsp3) is 0.143. The fourth-order valence-electron chi connectivity index (χ4n) is 1.77. The molecule has 1 aromatic carbocycles. The summed E-state index contributed by atoms with van der Waals surface area (Å²) in [5.74, 6) is -0.839. The molecule has 0 unspecified atom stereocenters. The van der Waals surface area contributed by atoms with Crippen LogP contribution in [0.25, 0.3) is 11.3 Å². The monoisotopic (exact) mass is 318 g/mol. The molecule has 1 amide bonds. The number of benzene rings is 1. The Labute approximate surface area is 129 Å². The van der Waals surface area contributed by atoms with Crippen LogP contribution in [0, 0.1) is 5.82 Å². The van der Waals surface area contributed by atoms with Gasteiger partial charge in [0.1, 0.15) is 16.5 Å². The molecule has 3 aromatic rings. The van der Waals surface area contributed by atoms with Gasteiger partial charge < -0.3 is 4.52 Å². The Hall–Kier alpha value is -2.61. The van der Waals surface area contributed by atoms with Gasteiger partial charge in [0, 0.05) is 11.6 Å². The summed E-state index contributed by atoms with van der Waals surface area (Å²) >= 11 is 1.30. The molecule has 0 saturated carbocycles. The predicted molar refractivity (Wildman–Crippen MR) is 79.1 cm³/mol. The molecule has 112 valence electrons. The van der Waals surface area contributed by atoms with Crippen LogP contribution in [0.2, 0.25) is 0 Å². The number of anilines is 1. The zero-order chi connectivity index (χ0) is 15.5. The largest absolute Gasteiger partial charge is 0.350 e. The van der Waals surface area contributed by atoms with Gasteiger partial charge in [-0.3, -0.25) is 10.1 Å². The van der Waals surface area contributed by atoms with Gasteiger partial charge in [-0.25, -0.2) is 4.39 Å². The van der Waals surface area contributed by atoms with E-state index in [4.69, 9.17) is 4.52 Å². The average Bonchev–Trinajstić information content (AvgIpc) is 3.16. The van der Waals surface area contributed by atoms with Gasteiger partial charge in [-0.05, 0) is 18.6 Å². The van der Waals surface area contributed by atoms with Gasteiger partial charge in [-0.15, -0.1) is 10.2 Å². The number of hydrogen-bond donors (Lipinski definition) is 1. The number of amides is 1. The highest BCUT2D eigenvalue weighted by Gasteiger charge is 2.16. The Bertz CT molecular complexity index is 815. The van der Waals surface area contributed by atoms with E-state index in [-0.39, 0.29) is 11.6 Å². The zero-order valence-electron chi connectivity index (χ0n) is 11.5. The molecular formula is C14H11FN4O2S. The number of nitrogens with one attached hydrogen (secondary N) is 1. The van der Waals surface area contributed by atoms with Crippen LogP contribution in [0.5, 0.6) is 0 Å². The van der Waals surface area contributed by atoms with E-state index in [2.05, 4.69) is 20.7 Å². The first-order chi connectivity index (χ1) is 10.7. The first kappa shape index (κ1) is 14.3. The molecule has 0 spiro atoms. The standard InChI is InChI=1S/C14H11FN4O2S/c1-2-12-17-18-14(22-12)16-13(20)11-7-10(19-21-11)8-4-3-5-9(15)6-8/h3-7H,2H2,1H3,(H,16,18,20). The predicted octanol–water partition coefficient (Wildman–Crippen LogP) is 3.15. The maximum atomic E-state index is 13.2. The molecule has 0 aliphatic carbocycles. The summed E-state index contributed by atoms with van der Waals surface area (Å²) in [5.41, 5.74) is 0.920. The molecule has 0 atom stereocenters. The van der Waals surface area contributed by atoms with E-state index in [1.807, 2.05) is 6.92 Å². The van der Waals surface area contributed by atoms with Crippen LogP contribution in [-0.4, -0.2) is 21.3 Å². The molecule has 2 aromatic heterocycles. The SMILES string of the molecule is CCc1nnc(NC(=O)c2cc(-c3cccc(F)c3)no2)s1. The summed E-state index contributed by atoms with van der Waals surface area (Å²) < 4.78 is 18.2. The lowest BCUT2D eigenvalue weighted by molar-refractivity contribution is 0.0988. The summed E-state index contributed by atoms with van der Waals surface area (Å²) in [5, 5.41) is 15.3. The highest BCUT2D eigenvalue weighted by Crippen LogP contribution is 2.21. The Morgan fingerprint density at radius 2 is 2.23 bits per heavy atom. The summed E-state index contributed by atoms with van der Waals surface area (Å²) in [7, 11) is 0. The smallest absolute Gasteiger partial charge is 0.296 e. The van der Waals surface area contributed by atoms with E-state index in [1.165, 1.54) is 29.5 Å². The van der Waals surface area contributed by atoms with E-state index in [0.29, 0.717) is 16.4 Å². The molecule has 0 saturated heterocycles. The lowest BCUT2D eigenvalue weighted by Crippen LogP contribution is -2.10. The Kier molecular flexibility index (Phi) is 3.92. The molecule has 1 N–H and O–H groups in total. The minimum atomic E-state index is -0.478. The quantitative estimate of drug-likeness (QED) is 0.799. The van der Waals surface area contributed by atoms with E-state index in [9.17, 15) is 9.18 Å². The number of carbonyl (C=O) groups excluding carboxylic acids is 1.